The van der Waals surface area contributed by atoms with Gasteiger partial charge in [-0.25, -0.2) is 0 Å². The number of benzene rings is 1. The normalized spacial score (nSPS) is 13.0. The molecular weight excluding hydrogens is 284 g/mol. The van der Waals surface area contributed by atoms with Gasteiger partial charge in [-0.05, 0) is 19.1 Å². The van der Waals surface area contributed by atoms with Crippen molar-refractivity contribution in [2.75, 3.05) is 0 Å². The molecule has 1 unspecified atom stereocenters. The van der Waals surface area contributed by atoms with E-state index in [1.807, 2.05) is 5.48 Å². The Labute approximate surface area is 127 Å². The van der Waals surface area contributed by atoms with Crippen LogP contribution in [-0.2, 0) is 19.8 Å². The zero-order valence-corrected chi connectivity index (χ0v) is 12.3. The van der Waals surface area contributed by atoms with E-state index in [1.54, 1.807) is 48.7 Å². The largest absolute Gasteiger partial charge is 0.364 e. The van der Waals surface area contributed by atoms with Crippen molar-refractivity contribution < 1.29 is 19.2 Å². The second-order valence-electron chi connectivity index (χ2n) is 4.93. The highest BCUT2D eigenvalue weighted by Gasteiger charge is 2.44. The van der Waals surface area contributed by atoms with Crippen molar-refractivity contribution in [3.8, 4) is 0 Å². The van der Waals surface area contributed by atoms with Crippen molar-refractivity contribution in [3.63, 3.8) is 0 Å². The Morgan fingerprint density at radius 3 is 2.32 bits per heavy atom. The number of nitrogens with one attached hydrogen (secondary N) is 2. The Balaban J connectivity index is 2.40. The third-order valence-corrected chi connectivity index (χ3v) is 3.37. The van der Waals surface area contributed by atoms with E-state index < -0.39 is 23.1 Å². The average Bonchev–Trinajstić information content (AvgIpc) is 3.06. The summed E-state index contributed by atoms with van der Waals surface area (Å²) in [4.78, 5) is 43.6. The molecule has 6 heteroatoms. The van der Waals surface area contributed by atoms with Crippen LogP contribution < -0.4 is 5.48 Å². The summed E-state index contributed by atoms with van der Waals surface area (Å²) in [7, 11) is 0. The lowest BCUT2D eigenvalue weighted by molar-refractivity contribution is -0.157. The number of carbonyl (C=O) groups excluding carboxylic acids is 3. The third-order valence-electron chi connectivity index (χ3n) is 3.37. The number of aromatic nitrogens is 1. The van der Waals surface area contributed by atoms with E-state index in [0.29, 0.717) is 11.3 Å². The van der Waals surface area contributed by atoms with Crippen LogP contribution in [0.4, 0.5) is 0 Å². The molecule has 2 N–H and O–H groups in total. The first kappa shape index (κ1) is 15.5. The minimum atomic E-state index is -1.54. The van der Waals surface area contributed by atoms with Gasteiger partial charge in [0.1, 0.15) is 0 Å². The molecule has 22 heavy (non-hydrogen) atoms. The molecule has 6 nitrogen and oxygen atoms in total. The lowest BCUT2D eigenvalue weighted by Gasteiger charge is -2.25. The van der Waals surface area contributed by atoms with Crippen LogP contribution in [0, 0.1) is 0 Å². The van der Waals surface area contributed by atoms with E-state index in [9.17, 15) is 14.4 Å². The molecule has 2 aromatic rings. The molecule has 0 aliphatic carbocycles. The van der Waals surface area contributed by atoms with Gasteiger partial charge in [0, 0.05) is 24.4 Å². The van der Waals surface area contributed by atoms with Crippen LogP contribution in [-0.4, -0.2) is 22.6 Å². The van der Waals surface area contributed by atoms with Crippen LogP contribution in [0.1, 0.15) is 29.9 Å². The summed E-state index contributed by atoms with van der Waals surface area (Å²) in [5.41, 5.74) is 1.29. The molecule has 0 aliphatic rings. The number of H-pyrrole nitrogens is 1. The lowest BCUT2D eigenvalue weighted by Crippen LogP contribution is -2.48. The Morgan fingerprint density at radius 1 is 1.09 bits per heavy atom. The van der Waals surface area contributed by atoms with Crippen LogP contribution in [0.2, 0.25) is 0 Å². The zero-order chi connectivity index (χ0) is 16.2. The summed E-state index contributed by atoms with van der Waals surface area (Å²) in [5.74, 6) is -1.80. The quantitative estimate of drug-likeness (QED) is 0.511. The maximum Gasteiger partial charge on any atom is 0.329 e. The van der Waals surface area contributed by atoms with Crippen molar-refractivity contribution in [1.82, 2.24) is 10.5 Å². The summed E-state index contributed by atoms with van der Waals surface area (Å²) in [6, 6.07) is 11.8. The lowest BCUT2D eigenvalue weighted by atomic mass is 9.78. The van der Waals surface area contributed by atoms with E-state index in [-0.39, 0.29) is 0 Å². The van der Waals surface area contributed by atoms with E-state index in [4.69, 9.17) is 0 Å². The number of hydrogen-bond donors (Lipinski definition) is 2. The summed E-state index contributed by atoms with van der Waals surface area (Å²) in [6.07, 6.45) is 1.62. The van der Waals surface area contributed by atoms with E-state index in [2.05, 4.69) is 9.82 Å². The predicted octanol–water partition coefficient (Wildman–Crippen LogP) is 1.75. The van der Waals surface area contributed by atoms with Crippen LogP contribution >= 0.6 is 0 Å². The maximum absolute atomic E-state index is 12.8. The Bertz CT molecular complexity index is 679. The van der Waals surface area contributed by atoms with Gasteiger partial charge < -0.3 is 9.82 Å². The fourth-order valence-corrected chi connectivity index (χ4v) is 2.09. The molecule has 1 aromatic carbocycles. The number of Topliss-reactive ketones (excluding diaryl/α,β-unsaturated/α-hetero) is 1. The monoisotopic (exact) mass is 300 g/mol. The summed E-state index contributed by atoms with van der Waals surface area (Å²) >= 11 is 0. The number of hydrogen-bond acceptors (Lipinski definition) is 4. The van der Waals surface area contributed by atoms with Gasteiger partial charge in [-0.3, -0.25) is 14.4 Å². The van der Waals surface area contributed by atoms with Gasteiger partial charge in [-0.1, -0.05) is 30.3 Å². The molecule has 1 heterocycles. The average molecular weight is 300 g/mol. The number of ketones is 1. The van der Waals surface area contributed by atoms with Crippen molar-refractivity contribution in [1.29, 1.82) is 0 Å². The third kappa shape index (κ3) is 2.90. The minimum Gasteiger partial charge on any atom is -0.364 e. The van der Waals surface area contributed by atoms with Crippen LogP contribution in [0.5, 0.6) is 0 Å². The van der Waals surface area contributed by atoms with Gasteiger partial charge in [0.05, 0.1) is 0 Å². The number of amides is 1. The van der Waals surface area contributed by atoms with Gasteiger partial charge >= 0.3 is 5.97 Å². The maximum atomic E-state index is 12.8. The van der Waals surface area contributed by atoms with Gasteiger partial charge in [0.25, 0.3) is 5.91 Å². The molecule has 0 saturated heterocycles. The topological polar surface area (TPSA) is 88.3 Å². The highest BCUT2D eigenvalue weighted by Crippen LogP contribution is 2.27. The van der Waals surface area contributed by atoms with Crippen molar-refractivity contribution in [2.24, 2.45) is 0 Å². The first-order valence-corrected chi connectivity index (χ1v) is 6.68. The molecule has 0 bridgehead atoms. The molecule has 0 saturated carbocycles. The summed E-state index contributed by atoms with van der Waals surface area (Å²) in [5, 5.41) is 0. The van der Waals surface area contributed by atoms with E-state index in [0.717, 1.165) is 6.92 Å². The fourth-order valence-electron chi connectivity index (χ4n) is 2.09. The van der Waals surface area contributed by atoms with Gasteiger partial charge in [-0.15, -0.1) is 0 Å². The molecule has 114 valence electrons. The van der Waals surface area contributed by atoms with E-state index >= 15 is 0 Å². The van der Waals surface area contributed by atoms with Crippen molar-refractivity contribution in [3.05, 3.63) is 59.9 Å². The fraction of sp³-hybridized carbons (Fsp3) is 0.188. The van der Waals surface area contributed by atoms with Crippen molar-refractivity contribution in [2.45, 2.75) is 19.3 Å². The molecule has 0 fully saturated rings. The van der Waals surface area contributed by atoms with Gasteiger partial charge in [-0.2, -0.15) is 5.48 Å². The molecule has 1 amide bonds. The standard InChI is InChI=1S/C16H16N2O4/c1-11(19)22-18-15(21)16(2,13-9-6-10-17-13)14(20)12-7-4-3-5-8-12/h3-10,17H,1-2H3,(H,18,21). The first-order chi connectivity index (χ1) is 10.5. The molecule has 1 atom stereocenters. The van der Waals surface area contributed by atoms with Crippen LogP contribution in [0.15, 0.2) is 48.7 Å². The Morgan fingerprint density at radius 2 is 1.77 bits per heavy atom. The Kier molecular flexibility index (Phi) is 4.41. The second-order valence-corrected chi connectivity index (χ2v) is 4.93. The molecule has 0 aliphatic heterocycles. The van der Waals surface area contributed by atoms with Crippen LogP contribution in [0.3, 0.4) is 0 Å². The highest BCUT2D eigenvalue weighted by molar-refractivity contribution is 6.17. The second kappa shape index (κ2) is 6.26. The number of aromatic amines is 1. The smallest absolute Gasteiger partial charge is 0.329 e. The van der Waals surface area contributed by atoms with E-state index in [1.165, 1.54) is 6.92 Å². The van der Waals surface area contributed by atoms with Gasteiger partial charge in [0.15, 0.2) is 11.2 Å². The molecule has 0 radical (unpaired) electrons. The van der Waals surface area contributed by atoms with Gasteiger partial charge in [0.2, 0.25) is 0 Å². The SMILES string of the molecule is CC(=O)ONC(=O)C(C)(C(=O)c1ccccc1)c1ccc[nH]1. The summed E-state index contributed by atoms with van der Waals surface area (Å²) in [6.45, 7) is 2.64. The minimum absolute atomic E-state index is 0.387. The molecular formula is C16H16N2O4. The molecule has 1 aromatic heterocycles. The molecule has 2 rings (SSSR count). The first-order valence-electron chi connectivity index (χ1n) is 6.68. The number of carbonyl (C=O) groups is 3. The number of hydroxylamine groups is 1. The van der Waals surface area contributed by atoms with Crippen LogP contribution in [0.25, 0.3) is 0 Å². The summed E-state index contributed by atoms with van der Waals surface area (Å²) < 4.78 is 0. The predicted molar refractivity (Wildman–Crippen MR) is 78.8 cm³/mol. The molecule has 0 spiro atoms. The number of rotatable bonds is 4. The zero-order valence-electron chi connectivity index (χ0n) is 12.3. The highest BCUT2D eigenvalue weighted by atomic mass is 16.7. The Hall–Kier alpha value is -2.89. The van der Waals surface area contributed by atoms with Crippen molar-refractivity contribution >= 4 is 17.7 Å².